The highest BCUT2D eigenvalue weighted by Gasteiger charge is 2.11. The van der Waals surface area contributed by atoms with Crippen molar-refractivity contribution in [1.82, 2.24) is 5.32 Å². The molecule has 15 heavy (non-hydrogen) atoms. The van der Waals surface area contributed by atoms with Crippen molar-refractivity contribution in [1.29, 1.82) is 0 Å². The largest absolute Gasteiger partial charge is 0.466 e. The standard InChI is InChI=1S/C10H16BrNO3/c1-8(10-9(11)2-5-15-10)12-3-6-14-7-4-13/h2,5,8,12-13H,3-4,6-7H2,1H3. The van der Waals surface area contributed by atoms with E-state index in [2.05, 4.69) is 21.2 Å². The first kappa shape index (κ1) is 12.7. The van der Waals surface area contributed by atoms with Gasteiger partial charge in [0.15, 0.2) is 0 Å². The summed E-state index contributed by atoms with van der Waals surface area (Å²) in [6.45, 7) is 3.80. The van der Waals surface area contributed by atoms with Gasteiger partial charge in [-0.1, -0.05) is 0 Å². The lowest BCUT2D eigenvalue weighted by Gasteiger charge is -2.11. The molecule has 0 bridgehead atoms. The van der Waals surface area contributed by atoms with Crippen LogP contribution in [0, 0.1) is 0 Å². The van der Waals surface area contributed by atoms with Crippen LogP contribution in [0.4, 0.5) is 0 Å². The number of nitrogens with one attached hydrogen (secondary N) is 1. The smallest absolute Gasteiger partial charge is 0.134 e. The number of aliphatic hydroxyl groups is 1. The Hall–Kier alpha value is -0.360. The fourth-order valence-electron chi connectivity index (χ4n) is 1.22. The molecule has 0 spiro atoms. The van der Waals surface area contributed by atoms with E-state index in [-0.39, 0.29) is 12.6 Å². The summed E-state index contributed by atoms with van der Waals surface area (Å²) in [7, 11) is 0. The normalized spacial score (nSPS) is 13.0. The van der Waals surface area contributed by atoms with Gasteiger partial charge >= 0.3 is 0 Å². The highest BCUT2D eigenvalue weighted by atomic mass is 79.9. The van der Waals surface area contributed by atoms with Crippen LogP contribution in [0.5, 0.6) is 0 Å². The second kappa shape index (κ2) is 7.00. The van der Waals surface area contributed by atoms with Crippen molar-refractivity contribution in [2.24, 2.45) is 0 Å². The lowest BCUT2D eigenvalue weighted by Crippen LogP contribution is -2.23. The summed E-state index contributed by atoms with van der Waals surface area (Å²) in [6.07, 6.45) is 1.65. The molecule has 1 rings (SSSR count). The fourth-order valence-corrected chi connectivity index (χ4v) is 1.77. The highest BCUT2D eigenvalue weighted by Crippen LogP contribution is 2.23. The minimum Gasteiger partial charge on any atom is -0.466 e. The molecule has 5 heteroatoms. The van der Waals surface area contributed by atoms with Crippen molar-refractivity contribution in [2.45, 2.75) is 13.0 Å². The van der Waals surface area contributed by atoms with Gasteiger partial charge in [0.25, 0.3) is 0 Å². The molecule has 2 N–H and O–H groups in total. The SMILES string of the molecule is CC(NCCOCCO)c1occc1Br. The molecule has 1 aromatic rings. The molecule has 0 saturated heterocycles. The molecule has 0 saturated carbocycles. The van der Waals surface area contributed by atoms with Gasteiger partial charge in [-0.15, -0.1) is 0 Å². The number of rotatable bonds is 7. The van der Waals surface area contributed by atoms with E-state index in [1.54, 1.807) is 6.26 Å². The van der Waals surface area contributed by atoms with Gasteiger partial charge in [-0.05, 0) is 28.9 Å². The predicted octanol–water partition coefficient (Wildman–Crippen LogP) is 1.70. The topological polar surface area (TPSA) is 54.6 Å². The van der Waals surface area contributed by atoms with E-state index in [9.17, 15) is 0 Å². The van der Waals surface area contributed by atoms with Gasteiger partial charge in [0.1, 0.15) is 5.76 Å². The number of halogens is 1. The van der Waals surface area contributed by atoms with Gasteiger partial charge in [-0.3, -0.25) is 0 Å². The number of hydrogen-bond donors (Lipinski definition) is 2. The second-order valence-corrected chi connectivity index (χ2v) is 4.00. The third-order valence-corrected chi connectivity index (χ3v) is 2.63. The summed E-state index contributed by atoms with van der Waals surface area (Å²) in [5.74, 6) is 0.886. The molecule has 0 aliphatic rings. The summed E-state index contributed by atoms with van der Waals surface area (Å²) < 4.78 is 11.4. The third kappa shape index (κ3) is 4.34. The van der Waals surface area contributed by atoms with Crippen molar-refractivity contribution in [2.75, 3.05) is 26.4 Å². The third-order valence-electron chi connectivity index (χ3n) is 1.97. The molecule has 1 atom stereocenters. The van der Waals surface area contributed by atoms with Crippen LogP contribution >= 0.6 is 15.9 Å². The van der Waals surface area contributed by atoms with Crippen molar-refractivity contribution in [3.8, 4) is 0 Å². The summed E-state index contributed by atoms with van der Waals surface area (Å²) >= 11 is 3.40. The molecule has 0 aliphatic carbocycles. The molecular weight excluding hydrogens is 262 g/mol. The maximum Gasteiger partial charge on any atom is 0.134 e. The van der Waals surface area contributed by atoms with Crippen LogP contribution < -0.4 is 5.32 Å². The summed E-state index contributed by atoms with van der Waals surface area (Å²) in [5, 5.41) is 11.7. The number of hydrogen-bond acceptors (Lipinski definition) is 4. The lowest BCUT2D eigenvalue weighted by atomic mass is 10.2. The Balaban J connectivity index is 2.19. The summed E-state index contributed by atoms with van der Waals surface area (Å²) in [6, 6.07) is 2.02. The molecule has 4 nitrogen and oxygen atoms in total. The Morgan fingerprint density at radius 1 is 1.60 bits per heavy atom. The minimum absolute atomic E-state index is 0.0687. The molecule has 1 unspecified atom stereocenters. The molecule has 0 fully saturated rings. The van der Waals surface area contributed by atoms with Gasteiger partial charge in [-0.25, -0.2) is 0 Å². The van der Waals surface area contributed by atoms with Gasteiger partial charge in [0.2, 0.25) is 0 Å². The number of ether oxygens (including phenoxy) is 1. The maximum atomic E-state index is 8.49. The number of aliphatic hydroxyl groups excluding tert-OH is 1. The van der Waals surface area contributed by atoms with Crippen LogP contribution in [0.2, 0.25) is 0 Å². The lowest BCUT2D eigenvalue weighted by molar-refractivity contribution is 0.0925. The van der Waals surface area contributed by atoms with Crippen molar-refractivity contribution < 1.29 is 14.3 Å². The van der Waals surface area contributed by atoms with E-state index in [4.69, 9.17) is 14.3 Å². The van der Waals surface area contributed by atoms with Gasteiger partial charge in [0, 0.05) is 6.54 Å². The Morgan fingerprint density at radius 2 is 2.40 bits per heavy atom. The van der Waals surface area contributed by atoms with E-state index >= 15 is 0 Å². The van der Waals surface area contributed by atoms with Crippen LogP contribution in [0.3, 0.4) is 0 Å². The Kier molecular flexibility index (Phi) is 5.93. The van der Waals surface area contributed by atoms with Crippen molar-refractivity contribution >= 4 is 15.9 Å². The van der Waals surface area contributed by atoms with Crippen molar-refractivity contribution in [3.05, 3.63) is 22.6 Å². The predicted molar refractivity (Wildman–Crippen MR) is 60.7 cm³/mol. The molecule has 1 heterocycles. The first-order valence-corrected chi connectivity index (χ1v) is 5.70. The first-order chi connectivity index (χ1) is 7.25. The zero-order chi connectivity index (χ0) is 11.1. The van der Waals surface area contributed by atoms with Crippen LogP contribution in [0.1, 0.15) is 18.7 Å². The zero-order valence-electron chi connectivity index (χ0n) is 8.70. The van der Waals surface area contributed by atoms with Gasteiger partial charge < -0.3 is 19.6 Å². The quantitative estimate of drug-likeness (QED) is 0.745. The summed E-state index contributed by atoms with van der Waals surface area (Å²) in [4.78, 5) is 0. The molecular formula is C10H16BrNO3. The van der Waals surface area contributed by atoms with Gasteiger partial charge in [-0.2, -0.15) is 0 Å². The maximum absolute atomic E-state index is 8.49. The molecule has 0 aromatic carbocycles. The van der Waals surface area contributed by atoms with E-state index < -0.39 is 0 Å². The minimum atomic E-state index is 0.0687. The molecule has 1 aromatic heterocycles. The molecule has 86 valence electrons. The highest BCUT2D eigenvalue weighted by molar-refractivity contribution is 9.10. The monoisotopic (exact) mass is 277 g/mol. The summed E-state index contributed by atoms with van der Waals surface area (Å²) in [5.41, 5.74) is 0. The molecule has 0 radical (unpaired) electrons. The van der Waals surface area contributed by atoms with E-state index in [0.717, 1.165) is 16.8 Å². The average Bonchev–Trinajstić information content (AvgIpc) is 2.64. The Morgan fingerprint density at radius 3 is 3.00 bits per heavy atom. The van der Waals surface area contributed by atoms with Crippen LogP contribution in [0.25, 0.3) is 0 Å². The molecule has 0 aliphatic heterocycles. The zero-order valence-corrected chi connectivity index (χ0v) is 10.3. The Labute approximate surface area is 97.7 Å². The van der Waals surface area contributed by atoms with E-state index in [1.165, 1.54) is 0 Å². The first-order valence-electron chi connectivity index (χ1n) is 4.90. The fraction of sp³-hybridized carbons (Fsp3) is 0.600. The van der Waals surface area contributed by atoms with Crippen LogP contribution in [-0.2, 0) is 4.74 Å². The van der Waals surface area contributed by atoms with Crippen molar-refractivity contribution in [3.63, 3.8) is 0 Å². The van der Waals surface area contributed by atoms with Crippen LogP contribution in [-0.4, -0.2) is 31.5 Å². The van der Waals surface area contributed by atoms with E-state index in [0.29, 0.717) is 13.2 Å². The second-order valence-electron chi connectivity index (χ2n) is 3.14. The van der Waals surface area contributed by atoms with Gasteiger partial charge in [0.05, 0.1) is 36.6 Å². The average molecular weight is 278 g/mol. The number of furan rings is 1. The van der Waals surface area contributed by atoms with E-state index in [1.807, 2.05) is 13.0 Å². The molecule has 0 amide bonds. The van der Waals surface area contributed by atoms with Crippen LogP contribution in [0.15, 0.2) is 21.2 Å². The Bertz CT molecular complexity index is 277.